The lowest BCUT2D eigenvalue weighted by molar-refractivity contribution is 0.231. The minimum atomic E-state index is -0.281. The molecule has 0 atom stereocenters. The summed E-state index contributed by atoms with van der Waals surface area (Å²) in [6.45, 7) is 0.283. The molecule has 1 N–H and O–H groups in total. The lowest BCUT2D eigenvalue weighted by atomic mass is 10.2. The molecule has 0 saturated heterocycles. The van der Waals surface area contributed by atoms with Gasteiger partial charge in [0.1, 0.15) is 17.9 Å². The summed E-state index contributed by atoms with van der Waals surface area (Å²) in [7, 11) is 0. The molecule has 0 radical (unpaired) electrons. The van der Waals surface area contributed by atoms with E-state index in [2.05, 4.69) is 15.5 Å². The number of nitrogens with one attached hydrogen (secondary N) is 1. The first-order chi connectivity index (χ1) is 12.8. The number of furan rings is 1. The molecule has 0 aliphatic rings. The predicted molar refractivity (Wildman–Crippen MR) is 94.7 cm³/mol. The van der Waals surface area contributed by atoms with Crippen molar-refractivity contribution >= 4 is 23.3 Å². The molecule has 4 aromatic rings. The van der Waals surface area contributed by atoms with Crippen molar-refractivity contribution in [2.75, 3.05) is 5.43 Å². The summed E-state index contributed by atoms with van der Waals surface area (Å²) in [4.78, 5) is 4.24. The quantitative estimate of drug-likeness (QED) is 0.406. The molecule has 0 aliphatic heterocycles. The summed E-state index contributed by atoms with van der Waals surface area (Å²) in [5.74, 6) is 0.567. The van der Waals surface area contributed by atoms with Gasteiger partial charge in [-0.1, -0.05) is 24.3 Å². The smallest absolute Gasteiger partial charge is 0.316 e. The molecule has 0 aliphatic carbocycles. The summed E-state index contributed by atoms with van der Waals surface area (Å²) in [6, 6.07) is 17.2. The van der Waals surface area contributed by atoms with Crippen molar-refractivity contribution in [1.29, 1.82) is 0 Å². The van der Waals surface area contributed by atoms with Gasteiger partial charge < -0.3 is 13.6 Å². The highest BCUT2D eigenvalue weighted by Gasteiger charge is 2.04. The molecule has 0 unspecified atom stereocenters. The van der Waals surface area contributed by atoms with E-state index in [1.54, 1.807) is 24.3 Å². The van der Waals surface area contributed by atoms with E-state index in [0.29, 0.717) is 23.3 Å². The third-order valence-corrected chi connectivity index (χ3v) is 3.54. The molecule has 2 aromatic heterocycles. The Labute approximate surface area is 147 Å². The van der Waals surface area contributed by atoms with E-state index in [1.807, 2.05) is 24.3 Å². The molecule has 0 fully saturated rings. The summed E-state index contributed by atoms with van der Waals surface area (Å²) < 4.78 is 29.4. The topological polar surface area (TPSA) is 72.8 Å². The summed E-state index contributed by atoms with van der Waals surface area (Å²) in [5.41, 5.74) is 4.98. The highest BCUT2D eigenvalue weighted by molar-refractivity contribution is 5.77. The standard InChI is InChI=1S/C19H14FN3O3/c20-14-7-5-13(6-8-14)12-24-18-10-9-15(25-18)11-21-23-19-22-16-3-1-2-4-17(16)26-19/h1-11H,12H2,(H,22,23)/b21-11+. The van der Waals surface area contributed by atoms with E-state index in [0.717, 1.165) is 11.1 Å². The van der Waals surface area contributed by atoms with Gasteiger partial charge in [0.2, 0.25) is 0 Å². The van der Waals surface area contributed by atoms with Gasteiger partial charge in [0.25, 0.3) is 5.95 Å². The van der Waals surface area contributed by atoms with Crippen LogP contribution in [0.4, 0.5) is 10.4 Å². The first-order valence-electron chi connectivity index (χ1n) is 7.88. The largest absolute Gasteiger partial charge is 0.460 e. The Morgan fingerprint density at radius 1 is 1.04 bits per heavy atom. The maximum atomic E-state index is 12.9. The Bertz CT molecular complexity index is 1000. The van der Waals surface area contributed by atoms with E-state index in [-0.39, 0.29) is 12.4 Å². The van der Waals surface area contributed by atoms with Crippen LogP contribution < -0.4 is 10.2 Å². The number of para-hydroxylation sites is 2. The van der Waals surface area contributed by atoms with Crippen molar-refractivity contribution in [3.05, 3.63) is 77.8 Å². The van der Waals surface area contributed by atoms with E-state index < -0.39 is 0 Å². The maximum Gasteiger partial charge on any atom is 0.316 e. The van der Waals surface area contributed by atoms with Crippen molar-refractivity contribution in [3.63, 3.8) is 0 Å². The van der Waals surface area contributed by atoms with Crippen molar-refractivity contribution in [3.8, 4) is 5.95 Å². The molecule has 2 heterocycles. The lowest BCUT2D eigenvalue weighted by Gasteiger charge is -2.02. The van der Waals surface area contributed by atoms with Crippen LogP contribution in [0.1, 0.15) is 11.3 Å². The number of fused-ring (bicyclic) bond motifs is 1. The molecule has 2 aromatic carbocycles. The molecular weight excluding hydrogens is 337 g/mol. The van der Waals surface area contributed by atoms with Crippen LogP contribution >= 0.6 is 0 Å². The van der Waals surface area contributed by atoms with Gasteiger partial charge in [-0.15, -0.1) is 0 Å². The second kappa shape index (κ2) is 7.10. The first kappa shape index (κ1) is 15.9. The molecule has 0 saturated carbocycles. The summed E-state index contributed by atoms with van der Waals surface area (Å²) in [6.07, 6.45) is 1.49. The molecule has 130 valence electrons. The van der Waals surface area contributed by atoms with Gasteiger partial charge >= 0.3 is 6.01 Å². The molecule has 7 heteroatoms. The van der Waals surface area contributed by atoms with Crippen LogP contribution in [-0.2, 0) is 6.61 Å². The van der Waals surface area contributed by atoms with Crippen LogP contribution in [0.15, 0.2) is 74.6 Å². The Hall–Kier alpha value is -3.61. The van der Waals surface area contributed by atoms with Crippen LogP contribution in [0.25, 0.3) is 11.1 Å². The number of aromatic nitrogens is 1. The molecule has 26 heavy (non-hydrogen) atoms. The molecule has 0 bridgehead atoms. The summed E-state index contributed by atoms with van der Waals surface area (Å²) in [5, 5.41) is 4.03. The van der Waals surface area contributed by atoms with E-state index in [9.17, 15) is 4.39 Å². The Morgan fingerprint density at radius 2 is 1.88 bits per heavy atom. The average Bonchev–Trinajstić information content (AvgIpc) is 3.27. The number of rotatable bonds is 6. The third-order valence-electron chi connectivity index (χ3n) is 3.54. The van der Waals surface area contributed by atoms with Crippen molar-refractivity contribution in [1.82, 2.24) is 4.98 Å². The van der Waals surface area contributed by atoms with Gasteiger partial charge in [0, 0.05) is 6.07 Å². The number of hydrogen-bond donors (Lipinski definition) is 1. The molecule has 4 rings (SSSR count). The Balaban J connectivity index is 1.33. The number of anilines is 1. The number of hydrazone groups is 1. The van der Waals surface area contributed by atoms with Crippen molar-refractivity contribution < 1.29 is 18.0 Å². The number of halogens is 1. The SMILES string of the molecule is Fc1ccc(COc2ccc(/C=N/Nc3nc4ccccc4o3)o2)cc1. The van der Waals surface area contributed by atoms with Crippen molar-refractivity contribution in [2.24, 2.45) is 5.10 Å². The second-order valence-corrected chi connectivity index (χ2v) is 5.43. The zero-order valence-electron chi connectivity index (χ0n) is 13.6. The molecule has 0 amide bonds. The first-order valence-corrected chi connectivity index (χ1v) is 7.88. The van der Waals surface area contributed by atoms with Gasteiger partial charge in [-0.05, 0) is 35.9 Å². The monoisotopic (exact) mass is 351 g/mol. The summed E-state index contributed by atoms with van der Waals surface area (Å²) >= 11 is 0. The van der Waals surface area contributed by atoms with Crippen LogP contribution in [0, 0.1) is 5.82 Å². The number of hydrogen-bond acceptors (Lipinski definition) is 6. The highest BCUT2D eigenvalue weighted by atomic mass is 19.1. The third kappa shape index (κ3) is 3.72. The van der Waals surface area contributed by atoms with E-state index >= 15 is 0 Å². The number of nitrogens with zero attached hydrogens (tertiary/aromatic N) is 2. The minimum absolute atomic E-state index is 0.281. The van der Waals surface area contributed by atoms with Gasteiger partial charge in [-0.25, -0.2) is 9.82 Å². The second-order valence-electron chi connectivity index (χ2n) is 5.43. The zero-order valence-corrected chi connectivity index (χ0v) is 13.6. The average molecular weight is 351 g/mol. The fourth-order valence-corrected chi connectivity index (χ4v) is 2.29. The number of benzene rings is 2. The van der Waals surface area contributed by atoms with Gasteiger partial charge in [-0.3, -0.25) is 0 Å². The van der Waals surface area contributed by atoms with Gasteiger partial charge in [0.05, 0.1) is 6.21 Å². The van der Waals surface area contributed by atoms with Crippen LogP contribution in [0.5, 0.6) is 5.95 Å². The normalized spacial score (nSPS) is 11.3. The fourth-order valence-electron chi connectivity index (χ4n) is 2.29. The van der Waals surface area contributed by atoms with Crippen LogP contribution in [-0.4, -0.2) is 11.2 Å². The predicted octanol–water partition coefficient (Wildman–Crippen LogP) is 4.58. The maximum absolute atomic E-state index is 12.9. The molecule has 0 spiro atoms. The molecule has 6 nitrogen and oxygen atoms in total. The van der Waals surface area contributed by atoms with Crippen molar-refractivity contribution in [2.45, 2.75) is 6.61 Å². The Morgan fingerprint density at radius 3 is 2.73 bits per heavy atom. The zero-order chi connectivity index (χ0) is 17.8. The van der Waals surface area contributed by atoms with Gasteiger partial charge in [-0.2, -0.15) is 10.1 Å². The van der Waals surface area contributed by atoms with Crippen LogP contribution in [0.3, 0.4) is 0 Å². The number of oxazole rings is 1. The van der Waals surface area contributed by atoms with E-state index in [1.165, 1.54) is 18.3 Å². The number of ether oxygens (including phenoxy) is 1. The Kier molecular flexibility index (Phi) is 4.34. The highest BCUT2D eigenvalue weighted by Crippen LogP contribution is 2.19. The lowest BCUT2D eigenvalue weighted by Crippen LogP contribution is -1.94. The van der Waals surface area contributed by atoms with Gasteiger partial charge in [0.15, 0.2) is 11.3 Å². The fraction of sp³-hybridized carbons (Fsp3) is 0.0526. The molecular formula is C19H14FN3O3. The minimum Gasteiger partial charge on any atom is -0.460 e. The van der Waals surface area contributed by atoms with Crippen LogP contribution in [0.2, 0.25) is 0 Å². The van der Waals surface area contributed by atoms with E-state index in [4.69, 9.17) is 13.6 Å².